The maximum Gasteiger partial charge on any atom is 0.0540 e. The van der Waals surface area contributed by atoms with Crippen LogP contribution in [0, 0.1) is 6.92 Å². The highest BCUT2D eigenvalue weighted by atomic mass is 15.1. The average molecular weight is 455 g/mol. The standard InChI is InChI=1S/C33H30N2/c1-4-34(5-2)27-17-19-29(20-18-27)35(28-15-9-23(3)10-16-28)31-22-14-26-12-11-24-7-6-8-25-13-21-30(31)33(26)32(24)25/h6-22H,4-5H2,1-3H3. The number of hydrogen-bond acceptors (Lipinski definition) is 2. The fourth-order valence-corrected chi connectivity index (χ4v) is 5.44. The van der Waals surface area contributed by atoms with Crippen molar-refractivity contribution in [3.63, 3.8) is 0 Å². The molecule has 0 unspecified atom stereocenters. The second kappa shape index (κ2) is 8.63. The summed E-state index contributed by atoms with van der Waals surface area (Å²) in [7, 11) is 0. The van der Waals surface area contributed by atoms with Crippen molar-refractivity contribution < 1.29 is 0 Å². The van der Waals surface area contributed by atoms with Gasteiger partial charge in [0.25, 0.3) is 0 Å². The van der Waals surface area contributed by atoms with E-state index in [0.717, 1.165) is 13.1 Å². The zero-order valence-electron chi connectivity index (χ0n) is 20.6. The zero-order chi connectivity index (χ0) is 23.9. The van der Waals surface area contributed by atoms with Gasteiger partial charge in [-0.15, -0.1) is 0 Å². The summed E-state index contributed by atoms with van der Waals surface area (Å²) in [4.78, 5) is 4.79. The van der Waals surface area contributed by atoms with Crippen molar-refractivity contribution in [1.29, 1.82) is 0 Å². The number of rotatable bonds is 6. The van der Waals surface area contributed by atoms with E-state index in [1.165, 1.54) is 60.6 Å². The molecule has 0 spiro atoms. The van der Waals surface area contributed by atoms with Crippen molar-refractivity contribution in [3.05, 3.63) is 109 Å². The first-order chi connectivity index (χ1) is 17.2. The van der Waals surface area contributed by atoms with Crippen LogP contribution in [0.4, 0.5) is 22.7 Å². The Morgan fingerprint density at radius 1 is 0.514 bits per heavy atom. The van der Waals surface area contributed by atoms with E-state index in [0.29, 0.717) is 0 Å². The lowest BCUT2D eigenvalue weighted by molar-refractivity contribution is 0.866. The molecule has 172 valence electrons. The predicted molar refractivity (Wildman–Crippen MR) is 153 cm³/mol. The topological polar surface area (TPSA) is 6.48 Å². The summed E-state index contributed by atoms with van der Waals surface area (Å²) in [6.45, 7) is 8.57. The first kappa shape index (κ1) is 21.5. The maximum absolute atomic E-state index is 2.40. The van der Waals surface area contributed by atoms with E-state index in [1.807, 2.05) is 0 Å². The van der Waals surface area contributed by atoms with Gasteiger partial charge in [0.1, 0.15) is 0 Å². The third kappa shape index (κ3) is 3.57. The molecule has 0 bridgehead atoms. The molecule has 2 nitrogen and oxygen atoms in total. The molecule has 0 aromatic heterocycles. The molecule has 0 aliphatic heterocycles. The quantitative estimate of drug-likeness (QED) is 0.231. The van der Waals surface area contributed by atoms with Gasteiger partial charge in [-0.1, -0.05) is 66.2 Å². The molecule has 0 saturated carbocycles. The van der Waals surface area contributed by atoms with E-state index in [-0.39, 0.29) is 0 Å². The number of anilines is 4. The molecule has 2 heteroatoms. The monoisotopic (exact) mass is 454 g/mol. The van der Waals surface area contributed by atoms with Gasteiger partial charge in [-0.05, 0) is 90.2 Å². The highest BCUT2D eigenvalue weighted by Gasteiger charge is 2.18. The molecule has 0 aliphatic carbocycles. The molecule has 0 N–H and O–H groups in total. The molecule has 0 radical (unpaired) electrons. The van der Waals surface area contributed by atoms with E-state index in [2.05, 4.69) is 134 Å². The fraction of sp³-hybridized carbons (Fsp3) is 0.152. The minimum Gasteiger partial charge on any atom is -0.372 e. The average Bonchev–Trinajstić information content (AvgIpc) is 2.91. The molecular weight excluding hydrogens is 424 g/mol. The van der Waals surface area contributed by atoms with Gasteiger partial charge < -0.3 is 9.80 Å². The summed E-state index contributed by atoms with van der Waals surface area (Å²) >= 11 is 0. The molecule has 0 atom stereocenters. The first-order valence-corrected chi connectivity index (χ1v) is 12.6. The Morgan fingerprint density at radius 3 is 1.66 bits per heavy atom. The van der Waals surface area contributed by atoms with Gasteiger partial charge in [-0.25, -0.2) is 0 Å². The second-order valence-electron chi connectivity index (χ2n) is 9.30. The molecule has 0 saturated heterocycles. The van der Waals surface area contributed by atoms with Crippen molar-refractivity contribution in [1.82, 2.24) is 0 Å². The molecule has 0 fully saturated rings. The minimum atomic E-state index is 1.01. The van der Waals surface area contributed by atoms with Gasteiger partial charge in [0.15, 0.2) is 0 Å². The van der Waals surface area contributed by atoms with Gasteiger partial charge in [0.2, 0.25) is 0 Å². The van der Waals surface area contributed by atoms with Gasteiger partial charge in [-0.2, -0.15) is 0 Å². The number of aryl methyl sites for hydroxylation is 1. The van der Waals surface area contributed by atoms with Gasteiger partial charge >= 0.3 is 0 Å². The van der Waals surface area contributed by atoms with Crippen LogP contribution in [0.5, 0.6) is 0 Å². The Balaban J connectivity index is 1.60. The molecule has 0 aliphatic rings. The third-order valence-corrected chi connectivity index (χ3v) is 7.28. The Kier molecular flexibility index (Phi) is 5.30. The largest absolute Gasteiger partial charge is 0.372 e. The summed E-state index contributed by atoms with van der Waals surface area (Å²) in [6.07, 6.45) is 0. The van der Waals surface area contributed by atoms with Crippen LogP contribution < -0.4 is 9.80 Å². The molecule has 6 rings (SSSR count). The SMILES string of the molecule is CCN(CC)c1ccc(N(c2ccc(C)cc2)c2ccc3ccc4cccc5ccc2c3c45)cc1. The van der Waals surface area contributed by atoms with Crippen molar-refractivity contribution in [2.45, 2.75) is 20.8 Å². The fourth-order valence-electron chi connectivity index (χ4n) is 5.44. The van der Waals surface area contributed by atoms with Crippen molar-refractivity contribution in [2.75, 3.05) is 22.9 Å². The van der Waals surface area contributed by atoms with E-state index in [1.54, 1.807) is 0 Å². The van der Waals surface area contributed by atoms with Crippen LogP contribution in [-0.2, 0) is 0 Å². The Morgan fingerprint density at radius 2 is 1.03 bits per heavy atom. The van der Waals surface area contributed by atoms with E-state index in [9.17, 15) is 0 Å². The van der Waals surface area contributed by atoms with E-state index < -0.39 is 0 Å². The summed E-state index contributed by atoms with van der Waals surface area (Å²) in [5.74, 6) is 0. The zero-order valence-corrected chi connectivity index (χ0v) is 20.6. The van der Waals surface area contributed by atoms with E-state index >= 15 is 0 Å². The number of hydrogen-bond donors (Lipinski definition) is 0. The molecule has 0 heterocycles. The minimum absolute atomic E-state index is 1.01. The summed E-state index contributed by atoms with van der Waals surface area (Å²) in [6, 6.07) is 38.1. The van der Waals surface area contributed by atoms with Crippen LogP contribution in [0.25, 0.3) is 32.3 Å². The Labute approximate surface area is 207 Å². The molecule has 6 aromatic rings. The lowest BCUT2D eigenvalue weighted by Crippen LogP contribution is -2.21. The first-order valence-electron chi connectivity index (χ1n) is 12.6. The summed E-state index contributed by atoms with van der Waals surface area (Å²) in [5.41, 5.74) is 6.06. The number of nitrogens with zero attached hydrogens (tertiary/aromatic N) is 2. The van der Waals surface area contributed by atoms with Crippen LogP contribution >= 0.6 is 0 Å². The van der Waals surface area contributed by atoms with Crippen LogP contribution in [0.2, 0.25) is 0 Å². The molecular formula is C33H30N2. The number of benzene rings is 6. The molecule has 35 heavy (non-hydrogen) atoms. The lowest BCUT2D eigenvalue weighted by Gasteiger charge is -2.29. The summed E-state index contributed by atoms with van der Waals surface area (Å²) in [5, 5.41) is 7.85. The van der Waals surface area contributed by atoms with Crippen LogP contribution in [0.1, 0.15) is 19.4 Å². The lowest BCUT2D eigenvalue weighted by atomic mass is 9.93. The van der Waals surface area contributed by atoms with Gasteiger partial charge in [0, 0.05) is 35.5 Å². The smallest absolute Gasteiger partial charge is 0.0540 e. The Hall–Kier alpha value is -4.04. The molecule has 6 aromatic carbocycles. The summed E-state index contributed by atoms with van der Waals surface area (Å²) < 4.78 is 0. The van der Waals surface area contributed by atoms with Crippen molar-refractivity contribution in [2.24, 2.45) is 0 Å². The highest BCUT2D eigenvalue weighted by molar-refractivity contribution is 6.25. The third-order valence-electron chi connectivity index (χ3n) is 7.28. The second-order valence-corrected chi connectivity index (χ2v) is 9.30. The highest BCUT2D eigenvalue weighted by Crippen LogP contribution is 2.43. The van der Waals surface area contributed by atoms with Gasteiger partial charge in [-0.3, -0.25) is 0 Å². The maximum atomic E-state index is 2.40. The van der Waals surface area contributed by atoms with Crippen molar-refractivity contribution >= 4 is 55.1 Å². The van der Waals surface area contributed by atoms with E-state index in [4.69, 9.17) is 0 Å². The van der Waals surface area contributed by atoms with Crippen LogP contribution in [0.15, 0.2) is 103 Å². The van der Waals surface area contributed by atoms with Gasteiger partial charge in [0.05, 0.1) is 5.69 Å². The normalized spacial score (nSPS) is 11.5. The molecule has 0 amide bonds. The van der Waals surface area contributed by atoms with Crippen LogP contribution in [-0.4, -0.2) is 13.1 Å². The van der Waals surface area contributed by atoms with Crippen molar-refractivity contribution in [3.8, 4) is 0 Å². The predicted octanol–water partition coefficient (Wildman–Crippen LogP) is 9.21. The van der Waals surface area contributed by atoms with Crippen LogP contribution in [0.3, 0.4) is 0 Å². The Bertz CT molecular complexity index is 1590.